The monoisotopic (exact) mass is 230 g/mol. The van der Waals surface area contributed by atoms with Crippen LogP contribution in [0, 0.1) is 12.8 Å². The highest BCUT2D eigenvalue weighted by Crippen LogP contribution is 2.27. The van der Waals surface area contributed by atoms with Gasteiger partial charge in [-0.15, -0.1) is 10.2 Å². The highest BCUT2D eigenvalue weighted by atomic mass is 15.3. The van der Waals surface area contributed by atoms with Gasteiger partial charge < -0.3 is 5.32 Å². The average molecular weight is 230 g/mol. The van der Waals surface area contributed by atoms with Crippen LogP contribution in [0.15, 0.2) is 18.3 Å². The van der Waals surface area contributed by atoms with Crippen molar-refractivity contribution in [3.05, 3.63) is 29.7 Å². The second-order valence-electron chi connectivity index (χ2n) is 5.04. The van der Waals surface area contributed by atoms with E-state index in [4.69, 9.17) is 0 Å². The third kappa shape index (κ3) is 1.82. The molecule has 4 nitrogen and oxygen atoms in total. The molecule has 0 aromatic carbocycles. The van der Waals surface area contributed by atoms with E-state index in [2.05, 4.69) is 52.1 Å². The van der Waals surface area contributed by atoms with E-state index >= 15 is 0 Å². The number of hydrogen-bond donors (Lipinski definition) is 1. The summed E-state index contributed by atoms with van der Waals surface area (Å²) in [5.41, 5.74) is 2.17. The summed E-state index contributed by atoms with van der Waals surface area (Å²) in [6.45, 7) is 5.44. The number of pyridine rings is 1. The summed E-state index contributed by atoms with van der Waals surface area (Å²) >= 11 is 0. The van der Waals surface area contributed by atoms with Crippen molar-refractivity contribution in [3.8, 4) is 0 Å². The number of nitrogens with one attached hydrogen (secondary N) is 1. The summed E-state index contributed by atoms with van der Waals surface area (Å²) in [4.78, 5) is 0. The molecule has 1 aliphatic heterocycles. The number of rotatable bonds is 1. The van der Waals surface area contributed by atoms with Crippen molar-refractivity contribution in [2.75, 3.05) is 6.54 Å². The third-order valence-electron chi connectivity index (χ3n) is 3.64. The first kappa shape index (κ1) is 10.7. The average Bonchev–Trinajstić information content (AvgIpc) is 2.72. The van der Waals surface area contributed by atoms with Crippen LogP contribution in [0.3, 0.4) is 0 Å². The van der Waals surface area contributed by atoms with Crippen molar-refractivity contribution in [3.63, 3.8) is 0 Å². The molecule has 2 atom stereocenters. The van der Waals surface area contributed by atoms with E-state index in [0.29, 0.717) is 12.0 Å². The van der Waals surface area contributed by atoms with Crippen LogP contribution < -0.4 is 5.32 Å². The Kier molecular flexibility index (Phi) is 2.59. The van der Waals surface area contributed by atoms with Gasteiger partial charge in [0, 0.05) is 6.20 Å². The van der Waals surface area contributed by atoms with Gasteiger partial charge in [0.2, 0.25) is 0 Å². The van der Waals surface area contributed by atoms with E-state index in [1.807, 2.05) is 0 Å². The van der Waals surface area contributed by atoms with Crippen LogP contribution in [0.4, 0.5) is 0 Å². The quantitative estimate of drug-likeness (QED) is 0.815. The van der Waals surface area contributed by atoms with Crippen molar-refractivity contribution < 1.29 is 0 Å². The minimum Gasteiger partial charge on any atom is -0.307 e. The van der Waals surface area contributed by atoms with Gasteiger partial charge in [0.25, 0.3) is 0 Å². The predicted molar refractivity (Wildman–Crippen MR) is 66.9 cm³/mol. The maximum Gasteiger partial charge on any atom is 0.161 e. The van der Waals surface area contributed by atoms with Gasteiger partial charge in [0.05, 0.1) is 6.04 Å². The second-order valence-corrected chi connectivity index (χ2v) is 5.04. The largest absolute Gasteiger partial charge is 0.307 e. The molecule has 1 N–H and O–H groups in total. The maximum absolute atomic E-state index is 4.36. The zero-order valence-corrected chi connectivity index (χ0v) is 10.3. The van der Waals surface area contributed by atoms with Crippen LogP contribution in [-0.2, 0) is 0 Å². The highest BCUT2D eigenvalue weighted by Gasteiger charge is 2.26. The molecule has 1 fully saturated rings. The van der Waals surface area contributed by atoms with Crippen molar-refractivity contribution in [1.82, 2.24) is 19.9 Å². The van der Waals surface area contributed by atoms with Gasteiger partial charge >= 0.3 is 0 Å². The normalized spacial score (nSPS) is 25.3. The second kappa shape index (κ2) is 4.11. The summed E-state index contributed by atoms with van der Waals surface area (Å²) in [7, 11) is 0. The minimum atomic E-state index is 0.335. The van der Waals surface area contributed by atoms with Gasteiger partial charge in [-0.2, -0.15) is 0 Å². The molecule has 2 unspecified atom stereocenters. The van der Waals surface area contributed by atoms with E-state index in [1.165, 1.54) is 18.4 Å². The van der Waals surface area contributed by atoms with E-state index < -0.39 is 0 Å². The first-order valence-electron chi connectivity index (χ1n) is 6.30. The lowest BCUT2D eigenvalue weighted by Gasteiger charge is -2.28. The molecule has 3 rings (SSSR count). The molecule has 0 bridgehead atoms. The number of aryl methyl sites for hydroxylation is 1. The van der Waals surface area contributed by atoms with Crippen molar-refractivity contribution in [2.45, 2.75) is 32.7 Å². The highest BCUT2D eigenvalue weighted by molar-refractivity contribution is 5.41. The summed E-state index contributed by atoms with van der Waals surface area (Å²) in [5.74, 6) is 1.67. The molecule has 1 aliphatic rings. The van der Waals surface area contributed by atoms with Gasteiger partial charge in [-0.3, -0.25) is 4.40 Å². The summed E-state index contributed by atoms with van der Waals surface area (Å²) in [6.07, 6.45) is 4.59. The number of piperidine rings is 1. The Balaban J connectivity index is 2.05. The summed E-state index contributed by atoms with van der Waals surface area (Å²) < 4.78 is 2.10. The number of hydrogen-bond acceptors (Lipinski definition) is 3. The molecule has 1 saturated heterocycles. The fraction of sp³-hybridized carbons (Fsp3) is 0.538. The summed E-state index contributed by atoms with van der Waals surface area (Å²) in [6, 6.07) is 4.51. The Labute approximate surface area is 101 Å². The Bertz CT molecular complexity index is 531. The van der Waals surface area contributed by atoms with Gasteiger partial charge in [-0.25, -0.2) is 0 Å². The van der Waals surface area contributed by atoms with E-state index in [-0.39, 0.29) is 0 Å². The van der Waals surface area contributed by atoms with Crippen LogP contribution in [0.1, 0.15) is 37.2 Å². The Morgan fingerprint density at radius 2 is 2.29 bits per heavy atom. The Morgan fingerprint density at radius 3 is 3.12 bits per heavy atom. The molecule has 90 valence electrons. The van der Waals surface area contributed by atoms with Crippen LogP contribution in [0.25, 0.3) is 5.65 Å². The smallest absolute Gasteiger partial charge is 0.161 e. The lowest BCUT2D eigenvalue weighted by atomic mass is 9.92. The standard InChI is InChI=1S/C13H18N4/c1-9-5-7-17-11(8-9)15-16-13(17)12-10(2)4-3-6-14-12/h5,7-8,10,12,14H,3-4,6H2,1-2H3. The molecule has 0 aliphatic carbocycles. The van der Waals surface area contributed by atoms with Crippen LogP contribution >= 0.6 is 0 Å². The van der Waals surface area contributed by atoms with Gasteiger partial charge in [0.1, 0.15) is 0 Å². The lowest BCUT2D eigenvalue weighted by molar-refractivity contribution is 0.293. The fourth-order valence-electron chi connectivity index (χ4n) is 2.62. The minimum absolute atomic E-state index is 0.335. The lowest BCUT2D eigenvalue weighted by Crippen LogP contribution is -2.34. The van der Waals surface area contributed by atoms with Gasteiger partial charge in [-0.1, -0.05) is 6.92 Å². The molecule has 3 heterocycles. The van der Waals surface area contributed by atoms with Crippen LogP contribution in [-0.4, -0.2) is 21.1 Å². The number of fused-ring (bicyclic) bond motifs is 1. The van der Waals surface area contributed by atoms with Gasteiger partial charge in [0.15, 0.2) is 11.5 Å². The summed E-state index contributed by atoms with van der Waals surface area (Å²) in [5, 5.41) is 12.2. The molecule has 0 saturated carbocycles. The van der Waals surface area contributed by atoms with E-state index in [9.17, 15) is 0 Å². The maximum atomic E-state index is 4.36. The van der Waals surface area contributed by atoms with Crippen molar-refractivity contribution in [2.24, 2.45) is 5.92 Å². The van der Waals surface area contributed by atoms with Gasteiger partial charge in [-0.05, 0) is 49.9 Å². The number of nitrogens with zero attached hydrogens (tertiary/aromatic N) is 3. The van der Waals surface area contributed by atoms with Crippen molar-refractivity contribution in [1.29, 1.82) is 0 Å². The number of aromatic nitrogens is 3. The molecular formula is C13H18N4. The first-order valence-corrected chi connectivity index (χ1v) is 6.30. The molecule has 0 radical (unpaired) electrons. The van der Waals surface area contributed by atoms with E-state index in [1.54, 1.807) is 0 Å². The molecule has 2 aromatic heterocycles. The Morgan fingerprint density at radius 1 is 1.41 bits per heavy atom. The van der Waals surface area contributed by atoms with E-state index in [0.717, 1.165) is 18.0 Å². The topological polar surface area (TPSA) is 42.2 Å². The molecule has 4 heteroatoms. The Hall–Kier alpha value is -1.42. The predicted octanol–water partition coefficient (Wildman–Crippen LogP) is 2.10. The van der Waals surface area contributed by atoms with Crippen LogP contribution in [0.2, 0.25) is 0 Å². The molecular weight excluding hydrogens is 212 g/mol. The first-order chi connectivity index (χ1) is 8.25. The molecule has 17 heavy (non-hydrogen) atoms. The molecule has 2 aromatic rings. The van der Waals surface area contributed by atoms with Crippen LogP contribution in [0.5, 0.6) is 0 Å². The third-order valence-corrected chi connectivity index (χ3v) is 3.64. The molecule has 0 spiro atoms. The van der Waals surface area contributed by atoms with Crippen molar-refractivity contribution >= 4 is 5.65 Å². The zero-order chi connectivity index (χ0) is 11.8. The fourth-order valence-corrected chi connectivity index (χ4v) is 2.62. The molecule has 0 amide bonds. The SMILES string of the molecule is Cc1ccn2c(C3NCCCC3C)nnc2c1. The zero-order valence-electron chi connectivity index (χ0n) is 10.3.